The molecule has 1 aromatic carbocycles. The highest BCUT2D eigenvalue weighted by Crippen LogP contribution is 2.23. The molecule has 8 heteroatoms. The third kappa shape index (κ3) is 3.58. The van der Waals surface area contributed by atoms with Crippen LogP contribution in [0.4, 0.5) is 5.69 Å². The molecule has 0 fully saturated rings. The molecule has 0 radical (unpaired) electrons. The van der Waals surface area contributed by atoms with Crippen molar-refractivity contribution in [2.45, 2.75) is 13.0 Å². The first-order valence-electron chi connectivity index (χ1n) is 7.62. The van der Waals surface area contributed by atoms with Crippen LogP contribution in [0.1, 0.15) is 26.8 Å². The van der Waals surface area contributed by atoms with Crippen LogP contribution >= 0.6 is 11.3 Å². The van der Waals surface area contributed by atoms with Crippen LogP contribution in [0.5, 0.6) is 0 Å². The highest BCUT2D eigenvalue weighted by atomic mass is 32.1. The molecule has 25 heavy (non-hydrogen) atoms. The number of nitro benzene ring substituents is 1. The molecular weight excluding hydrogens is 340 g/mol. The number of rotatable bonds is 6. The number of carbonyl (C=O) groups is 1. The van der Waals surface area contributed by atoms with Crippen LogP contribution in [0.25, 0.3) is 0 Å². The second-order valence-electron chi connectivity index (χ2n) is 5.43. The van der Waals surface area contributed by atoms with Gasteiger partial charge in [-0.05, 0) is 30.5 Å². The van der Waals surface area contributed by atoms with Crippen molar-refractivity contribution in [1.29, 1.82) is 0 Å². The lowest BCUT2D eigenvalue weighted by Crippen LogP contribution is -2.31. The van der Waals surface area contributed by atoms with Gasteiger partial charge in [-0.15, -0.1) is 11.3 Å². The van der Waals surface area contributed by atoms with Gasteiger partial charge in [-0.1, -0.05) is 12.1 Å². The van der Waals surface area contributed by atoms with Gasteiger partial charge in [-0.2, -0.15) is 5.10 Å². The van der Waals surface area contributed by atoms with Crippen LogP contribution in [0, 0.1) is 17.0 Å². The molecular formula is C17H16N4O3S. The van der Waals surface area contributed by atoms with E-state index >= 15 is 0 Å². The van der Waals surface area contributed by atoms with Crippen molar-refractivity contribution >= 4 is 22.9 Å². The first-order chi connectivity index (χ1) is 12.1. The number of amides is 1. The average molecular weight is 356 g/mol. The quantitative estimate of drug-likeness (QED) is 0.542. The molecule has 1 unspecified atom stereocenters. The van der Waals surface area contributed by atoms with Crippen LogP contribution in [0.15, 0.2) is 54.2 Å². The molecule has 0 aliphatic heterocycles. The standard InChI is InChI=1S/C17H16N4O3S/c1-12-13(5-2-6-14(12)21(23)24)17(22)18-11-15(16-7-3-10-25-16)20-9-4-8-19-20/h2-10,15H,11H2,1H3,(H,18,22). The van der Waals surface area contributed by atoms with Gasteiger partial charge in [0.05, 0.1) is 4.92 Å². The lowest BCUT2D eigenvalue weighted by Gasteiger charge is -2.17. The zero-order valence-electron chi connectivity index (χ0n) is 13.5. The minimum Gasteiger partial charge on any atom is -0.349 e. The molecule has 1 N–H and O–H groups in total. The summed E-state index contributed by atoms with van der Waals surface area (Å²) in [6, 6.07) is 10.1. The Kier molecular flexibility index (Phi) is 4.90. The van der Waals surface area contributed by atoms with E-state index in [0.29, 0.717) is 17.7 Å². The van der Waals surface area contributed by atoms with E-state index in [2.05, 4.69) is 10.4 Å². The number of nitrogens with zero attached hydrogens (tertiary/aromatic N) is 3. The fourth-order valence-electron chi connectivity index (χ4n) is 2.62. The number of benzene rings is 1. The lowest BCUT2D eigenvalue weighted by atomic mass is 10.1. The van der Waals surface area contributed by atoms with E-state index in [1.807, 2.05) is 29.8 Å². The highest BCUT2D eigenvalue weighted by molar-refractivity contribution is 7.10. The fraction of sp³-hybridized carbons (Fsp3) is 0.176. The summed E-state index contributed by atoms with van der Waals surface area (Å²) in [5, 5.41) is 20.1. The second kappa shape index (κ2) is 7.27. The second-order valence-corrected chi connectivity index (χ2v) is 6.41. The summed E-state index contributed by atoms with van der Waals surface area (Å²) in [4.78, 5) is 24.1. The van der Waals surface area contributed by atoms with E-state index in [1.165, 1.54) is 12.1 Å². The Labute approximate surface area is 148 Å². The molecule has 3 aromatic rings. The smallest absolute Gasteiger partial charge is 0.273 e. The molecule has 0 spiro atoms. The number of nitrogens with one attached hydrogen (secondary N) is 1. The van der Waals surface area contributed by atoms with Crippen LogP contribution in [0.3, 0.4) is 0 Å². The molecule has 2 aromatic heterocycles. The third-order valence-electron chi connectivity index (χ3n) is 3.92. The molecule has 128 valence electrons. The Morgan fingerprint density at radius 3 is 2.84 bits per heavy atom. The molecule has 1 amide bonds. The Hall–Kier alpha value is -3.00. The van der Waals surface area contributed by atoms with E-state index in [-0.39, 0.29) is 17.6 Å². The van der Waals surface area contributed by atoms with E-state index in [4.69, 9.17) is 0 Å². The third-order valence-corrected chi connectivity index (χ3v) is 4.89. The number of hydrogen-bond acceptors (Lipinski definition) is 5. The summed E-state index contributed by atoms with van der Waals surface area (Å²) < 4.78 is 1.78. The molecule has 0 bridgehead atoms. The van der Waals surface area contributed by atoms with Crippen LogP contribution in [-0.4, -0.2) is 27.2 Å². The molecule has 2 heterocycles. The maximum atomic E-state index is 12.5. The van der Waals surface area contributed by atoms with Crippen LogP contribution in [-0.2, 0) is 0 Å². The van der Waals surface area contributed by atoms with Gasteiger partial charge in [0.1, 0.15) is 6.04 Å². The minimum atomic E-state index is -0.482. The van der Waals surface area contributed by atoms with Crippen molar-refractivity contribution in [3.05, 3.63) is 80.3 Å². The van der Waals surface area contributed by atoms with E-state index in [9.17, 15) is 14.9 Å². The topological polar surface area (TPSA) is 90.1 Å². The Balaban J connectivity index is 1.79. The number of aromatic nitrogens is 2. The zero-order chi connectivity index (χ0) is 17.8. The van der Waals surface area contributed by atoms with Crippen molar-refractivity contribution in [3.63, 3.8) is 0 Å². The summed E-state index contributed by atoms with van der Waals surface area (Å²) in [6.45, 7) is 1.92. The van der Waals surface area contributed by atoms with Gasteiger partial charge in [0, 0.05) is 41.0 Å². The highest BCUT2D eigenvalue weighted by Gasteiger charge is 2.20. The van der Waals surface area contributed by atoms with Crippen molar-refractivity contribution < 1.29 is 9.72 Å². The lowest BCUT2D eigenvalue weighted by molar-refractivity contribution is -0.385. The molecule has 7 nitrogen and oxygen atoms in total. The maximum Gasteiger partial charge on any atom is 0.273 e. The largest absolute Gasteiger partial charge is 0.349 e. The summed E-state index contributed by atoms with van der Waals surface area (Å²) in [5.41, 5.74) is 0.603. The number of hydrogen-bond donors (Lipinski definition) is 1. The molecule has 0 saturated heterocycles. The molecule has 0 saturated carbocycles. The maximum absolute atomic E-state index is 12.5. The molecule has 0 aliphatic carbocycles. The SMILES string of the molecule is Cc1c(C(=O)NCC(c2cccs2)n2cccn2)cccc1[N+](=O)[O-]. The van der Waals surface area contributed by atoms with Gasteiger partial charge in [-0.3, -0.25) is 19.6 Å². The van der Waals surface area contributed by atoms with Crippen LogP contribution < -0.4 is 5.32 Å². The van der Waals surface area contributed by atoms with Crippen molar-refractivity contribution in [2.75, 3.05) is 6.54 Å². The molecule has 0 aliphatic rings. The first kappa shape index (κ1) is 16.8. The predicted octanol–water partition coefficient (Wildman–Crippen LogP) is 3.18. The number of thiophene rings is 1. The minimum absolute atomic E-state index is 0.0606. The first-order valence-corrected chi connectivity index (χ1v) is 8.50. The number of carbonyl (C=O) groups excluding carboxylic acids is 1. The Morgan fingerprint density at radius 2 is 2.20 bits per heavy atom. The summed E-state index contributed by atoms with van der Waals surface area (Å²) >= 11 is 1.58. The summed E-state index contributed by atoms with van der Waals surface area (Å²) in [5.74, 6) is -0.338. The average Bonchev–Trinajstić information content (AvgIpc) is 3.29. The van der Waals surface area contributed by atoms with E-state index < -0.39 is 4.92 Å². The number of nitro groups is 1. The van der Waals surface area contributed by atoms with Gasteiger partial charge in [-0.25, -0.2) is 0 Å². The predicted molar refractivity (Wildman–Crippen MR) is 94.9 cm³/mol. The normalized spacial score (nSPS) is 11.9. The Morgan fingerprint density at radius 1 is 1.36 bits per heavy atom. The van der Waals surface area contributed by atoms with Gasteiger partial charge in [0.15, 0.2) is 0 Å². The zero-order valence-corrected chi connectivity index (χ0v) is 14.3. The van der Waals surface area contributed by atoms with E-state index in [1.54, 1.807) is 35.2 Å². The molecule has 1 atom stereocenters. The summed E-state index contributed by atoms with van der Waals surface area (Å²) in [6.07, 6.45) is 3.53. The monoisotopic (exact) mass is 356 g/mol. The summed E-state index contributed by atoms with van der Waals surface area (Å²) in [7, 11) is 0. The van der Waals surface area contributed by atoms with Crippen LogP contribution in [0.2, 0.25) is 0 Å². The van der Waals surface area contributed by atoms with Gasteiger partial charge in [0.2, 0.25) is 0 Å². The van der Waals surface area contributed by atoms with Crippen molar-refractivity contribution in [2.24, 2.45) is 0 Å². The van der Waals surface area contributed by atoms with Gasteiger partial charge >= 0.3 is 0 Å². The van der Waals surface area contributed by atoms with Gasteiger partial charge < -0.3 is 5.32 Å². The van der Waals surface area contributed by atoms with Crippen molar-refractivity contribution in [1.82, 2.24) is 15.1 Å². The molecule has 3 rings (SSSR count). The fourth-order valence-corrected chi connectivity index (χ4v) is 3.44. The Bertz CT molecular complexity index is 841. The van der Waals surface area contributed by atoms with E-state index in [0.717, 1.165) is 4.88 Å². The van der Waals surface area contributed by atoms with Crippen molar-refractivity contribution in [3.8, 4) is 0 Å². The van der Waals surface area contributed by atoms with Gasteiger partial charge in [0.25, 0.3) is 11.6 Å².